The van der Waals surface area contributed by atoms with Crippen LogP contribution in [0.4, 0.5) is 5.69 Å². The van der Waals surface area contributed by atoms with Crippen molar-refractivity contribution in [3.8, 4) is 11.8 Å². The number of likely N-dealkylation sites (N-methyl/N-ethyl adjacent to an activating group) is 1. The lowest BCUT2D eigenvalue weighted by molar-refractivity contribution is 0.254. The van der Waals surface area contributed by atoms with E-state index in [9.17, 15) is 5.26 Å². The summed E-state index contributed by atoms with van der Waals surface area (Å²) in [7, 11) is 3.91. The molecular formula is C16H21N3O. The monoisotopic (exact) mass is 271 g/mol. The molecule has 3 rings (SSSR count). The fourth-order valence-electron chi connectivity index (χ4n) is 3.52. The highest BCUT2D eigenvalue weighted by molar-refractivity contribution is 5.62. The largest absolute Gasteiger partial charge is 0.497 e. The van der Waals surface area contributed by atoms with Crippen molar-refractivity contribution in [2.45, 2.75) is 31.3 Å². The highest BCUT2D eigenvalue weighted by Crippen LogP contribution is 2.33. The maximum absolute atomic E-state index is 9.34. The lowest BCUT2D eigenvalue weighted by atomic mass is 10.1. The normalized spacial score (nSPS) is 26.1. The first-order valence-corrected chi connectivity index (χ1v) is 7.28. The Balaban J connectivity index is 1.91. The number of rotatable bonds is 2. The first-order valence-electron chi connectivity index (χ1n) is 7.28. The number of hydrogen-bond acceptors (Lipinski definition) is 4. The van der Waals surface area contributed by atoms with Gasteiger partial charge in [-0.25, -0.2) is 0 Å². The predicted molar refractivity (Wildman–Crippen MR) is 79.1 cm³/mol. The lowest BCUT2D eigenvalue weighted by Crippen LogP contribution is -2.36. The number of benzene rings is 1. The molecule has 1 aromatic rings. The Morgan fingerprint density at radius 2 is 2.05 bits per heavy atom. The highest BCUT2D eigenvalue weighted by atomic mass is 16.5. The van der Waals surface area contributed by atoms with Crippen LogP contribution in [0, 0.1) is 11.3 Å². The molecule has 1 aromatic carbocycles. The van der Waals surface area contributed by atoms with Gasteiger partial charge >= 0.3 is 0 Å². The van der Waals surface area contributed by atoms with E-state index in [0.29, 0.717) is 12.1 Å². The molecule has 2 aliphatic rings. The minimum atomic E-state index is 0.611. The fourth-order valence-corrected chi connectivity index (χ4v) is 3.52. The van der Waals surface area contributed by atoms with E-state index >= 15 is 0 Å². The summed E-state index contributed by atoms with van der Waals surface area (Å²) in [6.07, 6.45) is 3.76. The minimum absolute atomic E-state index is 0.611. The molecule has 4 nitrogen and oxygen atoms in total. The molecule has 0 N–H and O–H groups in total. The second-order valence-electron chi connectivity index (χ2n) is 5.78. The Morgan fingerprint density at radius 1 is 1.25 bits per heavy atom. The summed E-state index contributed by atoms with van der Waals surface area (Å²) in [5, 5.41) is 9.34. The molecule has 0 aromatic heterocycles. The van der Waals surface area contributed by atoms with Crippen molar-refractivity contribution in [3.63, 3.8) is 0 Å². The Morgan fingerprint density at radius 3 is 2.80 bits per heavy atom. The van der Waals surface area contributed by atoms with Crippen molar-refractivity contribution in [2.75, 3.05) is 32.1 Å². The van der Waals surface area contributed by atoms with Gasteiger partial charge in [-0.2, -0.15) is 5.26 Å². The van der Waals surface area contributed by atoms with E-state index in [1.54, 1.807) is 7.11 Å². The maximum Gasteiger partial charge on any atom is 0.121 e. The predicted octanol–water partition coefficient (Wildman–Crippen LogP) is 2.24. The molecule has 2 unspecified atom stereocenters. The Labute approximate surface area is 120 Å². The van der Waals surface area contributed by atoms with Gasteiger partial charge in [-0.15, -0.1) is 0 Å². The van der Waals surface area contributed by atoms with Crippen molar-refractivity contribution in [1.29, 1.82) is 5.26 Å². The summed E-state index contributed by atoms with van der Waals surface area (Å²) in [6.45, 7) is 2.03. The number of methoxy groups -OCH3 is 1. The molecule has 106 valence electrons. The summed E-state index contributed by atoms with van der Waals surface area (Å²) < 4.78 is 5.31. The molecule has 2 fully saturated rings. The third-order valence-electron chi connectivity index (χ3n) is 4.81. The van der Waals surface area contributed by atoms with Crippen LogP contribution in [-0.2, 0) is 0 Å². The van der Waals surface area contributed by atoms with E-state index in [4.69, 9.17) is 4.74 Å². The SMILES string of the molecule is COc1ccc(C#N)c(N2CCC3CCC(C2)N3C)c1. The van der Waals surface area contributed by atoms with Gasteiger partial charge in [0.25, 0.3) is 0 Å². The fraction of sp³-hybridized carbons (Fsp3) is 0.562. The Hall–Kier alpha value is -1.73. The number of ether oxygens (including phenoxy) is 1. The van der Waals surface area contributed by atoms with Crippen LogP contribution >= 0.6 is 0 Å². The first-order chi connectivity index (χ1) is 9.72. The average Bonchev–Trinajstić information content (AvgIpc) is 2.71. The van der Waals surface area contributed by atoms with Gasteiger partial charge in [0.2, 0.25) is 0 Å². The van der Waals surface area contributed by atoms with Gasteiger partial charge in [-0.1, -0.05) is 0 Å². The number of hydrogen-bond donors (Lipinski definition) is 0. The third kappa shape index (κ3) is 2.23. The summed E-state index contributed by atoms with van der Waals surface area (Å²) in [5.41, 5.74) is 1.76. The molecule has 4 heteroatoms. The minimum Gasteiger partial charge on any atom is -0.497 e. The maximum atomic E-state index is 9.34. The average molecular weight is 271 g/mol. The van der Waals surface area contributed by atoms with Crippen LogP contribution in [-0.4, -0.2) is 44.2 Å². The van der Waals surface area contributed by atoms with Crippen LogP contribution in [0.15, 0.2) is 18.2 Å². The Kier molecular flexibility index (Phi) is 3.54. The van der Waals surface area contributed by atoms with Crippen molar-refractivity contribution in [3.05, 3.63) is 23.8 Å². The van der Waals surface area contributed by atoms with E-state index < -0.39 is 0 Å². The zero-order valence-corrected chi connectivity index (χ0v) is 12.2. The van der Waals surface area contributed by atoms with Crippen LogP contribution in [0.1, 0.15) is 24.8 Å². The molecule has 2 atom stereocenters. The number of nitriles is 1. The highest BCUT2D eigenvalue weighted by Gasteiger charge is 2.35. The third-order valence-corrected chi connectivity index (χ3v) is 4.81. The molecule has 0 spiro atoms. The van der Waals surface area contributed by atoms with Gasteiger partial charge in [0, 0.05) is 31.2 Å². The smallest absolute Gasteiger partial charge is 0.121 e. The zero-order valence-electron chi connectivity index (χ0n) is 12.2. The van der Waals surface area contributed by atoms with Gasteiger partial charge < -0.3 is 9.64 Å². The van der Waals surface area contributed by atoms with Crippen LogP contribution < -0.4 is 9.64 Å². The number of fused-ring (bicyclic) bond motifs is 2. The van der Waals surface area contributed by atoms with E-state index in [-0.39, 0.29) is 0 Å². The van der Waals surface area contributed by atoms with Gasteiger partial charge in [0.05, 0.1) is 18.4 Å². The quantitative estimate of drug-likeness (QED) is 0.827. The van der Waals surface area contributed by atoms with Crippen LogP contribution in [0.3, 0.4) is 0 Å². The second kappa shape index (κ2) is 5.34. The van der Waals surface area contributed by atoms with E-state index in [1.807, 2.05) is 18.2 Å². The van der Waals surface area contributed by atoms with Gasteiger partial charge in [0.1, 0.15) is 11.8 Å². The number of nitrogens with zero attached hydrogens (tertiary/aromatic N) is 3. The molecule has 20 heavy (non-hydrogen) atoms. The molecule has 0 aliphatic carbocycles. The van der Waals surface area contributed by atoms with E-state index in [0.717, 1.165) is 30.1 Å². The van der Waals surface area contributed by atoms with E-state index in [2.05, 4.69) is 22.9 Å². The molecule has 0 saturated carbocycles. The van der Waals surface area contributed by atoms with Crippen molar-refractivity contribution in [1.82, 2.24) is 4.90 Å². The molecule has 2 aliphatic heterocycles. The molecule has 2 bridgehead atoms. The van der Waals surface area contributed by atoms with Crippen molar-refractivity contribution >= 4 is 5.69 Å². The lowest BCUT2D eigenvalue weighted by Gasteiger charge is -2.28. The summed E-state index contributed by atoms with van der Waals surface area (Å²) in [5.74, 6) is 0.821. The van der Waals surface area contributed by atoms with Gasteiger partial charge in [0.15, 0.2) is 0 Å². The topological polar surface area (TPSA) is 39.5 Å². The molecule has 0 amide bonds. The van der Waals surface area contributed by atoms with Crippen molar-refractivity contribution < 1.29 is 4.74 Å². The number of anilines is 1. The zero-order chi connectivity index (χ0) is 14.1. The van der Waals surface area contributed by atoms with Crippen LogP contribution in [0.2, 0.25) is 0 Å². The van der Waals surface area contributed by atoms with Crippen LogP contribution in [0.5, 0.6) is 5.75 Å². The standard InChI is InChI=1S/C16H21N3O/c1-18-13-4-5-14(18)11-19(8-7-13)16-9-15(20-2)6-3-12(16)10-17/h3,6,9,13-14H,4-5,7-8,11H2,1-2H3. The molecular weight excluding hydrogens is 250 g/mol. The molecule has 0 radical (unpaired) electrons. The summed E-state index contributed by atoms with van der Waals surface area (Å²) in [6, 6.07) is 9.35. The van der Waals surface area contributed by atoms with Gasteiger partial charge in [-0.05, 0) is 38.4 Å². The van der Waals surface area contributed by atoms with E-state index in [1.165, 1.54) is 19.3 Å². The summed E-state index contributed by atoms with van der Waals surface area (Å²) in [4.78, 5) is 4.88. The molecule has 2 heterocycles. The molecule has 2 saturated heterocycles. The van der Waals surface area contributed by atoms with Crippen LogP contribution in [0.25, 0.3) is 0 Å². The van der Waals surface area contributed by atoms with Gasteiger partial charge in [-0.3, -0.25) is 4.90 Å². The first kappa shape index (κ1) is 13.3. The summed E-state index contributed by atoms with van der Waals surface area (Å²) >= 11 is 0. The van der Waals surface area contributed by atoms with Crippen molar-refractivity contribution in [2.24, 2.45) is 0 Å². The second-order valence-corrected chi connectivity index (χ2v) is 5.78. The Bertz CT molecular complexity index is 537.